The van der Waals surface area contributed by atoms with Crippen molar-refractivity contribution in [2.24, 2.45) is 17.8 Å². The van der Waals surface area contributed by atoms with Crippen LogP contribution in [0.1, 0.15) is 27.7 Å². The van der Waals surface area contributed by atoms with Crippen LogP contribution in [0.5, 0.6) is 0 Å². The van der Waals surface area contributed by atoms with Gasteiger partial charge in [0.05, 0.1) is 5.92 Å². The molecule has 0 aromatic heterocycles. The lowest BCUT2D eigenvalue weighted by Crippen LogP contribution is -2.26. The molecule has 19 heavy (non-hydrogen) atoms. The molecule has 0 rings (SSSR count). The maximum atomic E-state index is 10.9. The number of rotatable bonds is 3. The molecule has 0 atom stereocenters. The molecule has 0 aliphatic carbocycles. The Morgan fingerprint density at radius 1 is 0.789 bits per heavy atom. The Morgan fingerprint density at radius 2 is 1.00 bits per heavy atom. The van der Waals surface area contributed by atoms with E-state index >= 15 is 0 Å². The average Bonchev–Trinajstić information content (AvgIpc) is 2.14. The van der Waals surface area contributed by atoms with Crippen LogP contribution in [-0.4, -0.2) is 44.0 Å². The van der Waals surface area contributed by atoms with Gasteiger partial charge in [-0.1, -0.05) is 27.7 Å². The molecule has 0 spiro atoms. The summed E-state index contributed by atoms with van der Waals surface area (Å²) in [5.74, 6) is -0.334. The number of carbonyl (C=O) groups is 3. The molecule has 0 saturated heterocycles. The number of carbonyl (C=O) groups excluding carboxylic acids is 1. The number of carboxylic acid groups (broad SMARTS) is 4. The minimum atomic E-state index is -1.83. The lowest BCUT2D eigenvalue weighted by atomic mass is 9.86. The summed E-state index contributed by atoms with van der Waals surface area (Å²) in [4.78, 5) is 31.7. The largest absolute Gasteiger partial charge is 0.503 e. The fourth-order valence-corrected chi connectivity index (χ4v) is 1.37. The SMILES string of the molecule is CC(C)C(C(=O)OO)C(C)C.O=C(O)O.O=C(O)O. The van der Waals surface area contributed by atoms with E-state index in [1.807, 2.05) is 27.7 Å². The first kappa shape index (κ1) is 22.2. The number of hydrogen-bond acceptors (Lipinski definition) is 5. The van der Waals surface area contributed by atoms with Gasteiger partial charge in [0.2, 0.25) is 0 Å². The monoisotopic (exact) mass is 284 g/mol. The van der Waals surface area contributed by atoms with Gasteiger partial charge in [-0.2, -0.15) is 5.26 Å². The highest BCUT2D eigenvalue weighted by Crippen LogP contribution is 2.21. The van der Waals surface area contributed by atoms with Crippen LogP contribution in [0.3, 0.4) is 0 Å². The van der Waals surface area contributed by atoms with E-state index in [9.17, 15) is 4.79 Å². The highest BCUT2D eigenvalue weighted by atomic mass is 17.1. The van der Waals surface area contributed by atoms with Crippen molar-refractivity contribution in [3.8, 4) is 0 Å². The molecule has 0 aromatic carbocycles. The lowest BCUT2D eigenvalue weighted by Gasteiger charge is -2.20. The van der Waals surface area contributed by atoms with Crippen LogP contribution in [0.15, 0.2) is 0 Å². The van der Waals surface area contributed by atoms with Gasteiger partial charge in [0.1, 0.15) is 0 Å². The second-order valence-electron chi connectivity index (χ2n) is 3.99. The van der Waals surface area contributed by atoms with Crippen LogP contribution in [0.4, 0.5) is 9.59 Å². The topological polar surface area (TPSA) is 162 Å². The summed E-state index contributed by atoms with van der Waals surface area (Å²) in [7, 11) is 0. The van der Waals surface area contributed by atoms with E-state index in [0.29, 0.717) is 0 Å². The summed E-state index contributed by atoms with van der Waals surface area (Å²) in [6.07, 6.45) is -3.67. The van der Waals surface area contributed by atoms with Crippen molar-refractivity contribution in [3.05, 3.63) is 0 Å². The second kappa shape index (κ2) is 12.4. The Morgan fingerprint density at radius 3 is 1.05 bits per heavy atom. The minimum Gasteiger partial charge on any atom is -0.450 e. The predicted molar refractivity (Wildman–Crippen MR) is 63.2 cm³/mol. The van der Waals surface area contributed by atoms with Gasteiger partial charge < -0.3 is 25.3 Å². The van der Waals surface area contributed by atoms with Crippen LogP contribution in [0.25, 0.3) is 0 Å². The van der Waals surface area contributed by atoms with Crippen LogP contribution in [-0.2, 0) is 9.68 Å². The van der Waals surface area contributed by atoms with Crippen LogP contribution < -0.4 is 0 Å². The quantitative estimate of drug-likeness (QED) is 0.386. The van der Waals surface area contributed by atoms with Gasteiger partial charge >= 0.3 is 18.3 Å². The highest BCUT2D eigenvalue weighted by molar-refractivity contribution is 5.72. The molecular formula is C10H20O9. The maximum Gasteiger partial charge on any atom is 0.503 e. The molecule has 0 aromatic rings. The van der Waals surface area contributed by atoms with Gasteiger partial charge in [-0.3, -0.25) is 0 Å². The summed E-state index contributed by atoms with van der Waals surface area (Å²) < 4.78 is 0. The maximum absolute atomic E-state index is 10.9. The Labute approximate surface area is 110 Å². The molecule has 5 N–H and O–H groups in total. The van der Waals surface area contributed by atoms with E-state index in [2.05, 4.69) is 4.89 Å². The molecule has 0 heterocycles. The zero-order valence-electron chi connectivity index (χ0n) is 11.1. The van der Waals surface area contributed by atoms with E-state index in [1.54, 1.807) is 0 Å². The molecule has 0 amide bonds. The molecule has 0 aliphatic rings. The van der Waals surface area contributed by atoms with E-state index in [0.717, 1.165) is 0 Å². The van der Waals surface area contributed by atoms with Crippen LogP contribution in [0, 0.1) is 17.8 Å². The third kappa shape index (κ3) is 21.8. The van der Waals surface area contributed by atoms with Crippen molar-refractivity contribution >= 4 is 18.3 Å². The average molecular weight is 284 g/mol. The van der Waals surface area contributed by atoms with Gasteiger partial charge in [-0.05, 0) is 11.8 Å². The van der Waals surface area contributed by atoms with Crippen molar-refractivity contribution in [1.82, 2.24) is 0 Å². The third-order valence-electron chi connectivity index (χ3n) is 1.80. The molecule has 0 fully saturated rings. The first-order valence-corrected chi connectivity index (χ1v) is 5.16. The minimum absolute atomic E-state index is 0.203. The zero-order chi connectivity index (χ0) is 16.2. The van der Waals surface area contributed by atoms with Crippen molar-refractivity contribution in [1.29, 1.82) is 0 Å². The van der Waals surface area contributed by atoms with Gasteiger partial charge in [0.25, 0.3) is 0 Å². The number of hydrogen-bond donors (Lipinski definition) is 5. The van der Waals surface area contributed by atoms with E-state index in [1.165, 1.54) is 0 Å². The smallest absolute Gasteiger partial charge is 0.450 e. The van der Waals surface area contributed by atoms with E-state index < -0.39 is 18.3 Å². The van der Waals surface area contributed by atoms with Gasteiger partial charge in [0, 0.05) is 0 Å². The fourth-order valence-electron chi connectivity index (χ4n) is 1.37. The Bertz CT molecular complexity index is 244. The second-order valence-corrected chi connectivity index (χ2v) is 3.99. The molecule has 9 heteroatoms. The molecule has 0 unspecified atom stereocenters. The summed E-state index contributed by atoms with van der Waals surface area (Å²) in [6, 6.07) is 0. The van der Waals surface area contributed by atoms with E-state index in [4.69, 9.17) is 35.3 Å². The van der Waals surface area contributed by atoms with Gasteiger partial charge in [-0.25, -0.2) is 14.4 Å². The molecular weight excluding hydrogens is 264 g/mol. The van der Waals surface area contributed by atoms with Gasteiger partial charge in [-0.15, -0.1) is 0 Å². The molecule has 114 valence electrons. The van der Waals surface area contributed by atoms with Gasteiger partial charge in [0.15, 0.2) is 0 Å². The van der Waals surface area contributed by atoms with Crippen molar-refractivity contribution < 1.29 is 45.0 Å². The summed E-state index contributed by atoms with van der Waals surface area (Å²) >= 11 is 0. The standard InChI is InChI=1S/C8H16O3.2CH2O3/c1-5(2)7(6(3)4)8(9)11-10;2*2-1(3)4/h5-7,10H,1-4H3;2*(H2,2,3,4). The van der Waals surface area contributed by atoms with Crippen molar-refractivity contribution in [2.75, 3.05) is 0 Å². The Balaban J connectivity index is -0.000000264. The Kier molecular flexibility index (Phi) is 14.5. The van der Waals surface area contributed by atoms with Crippen molar-refractivity contribution in [3.63, 3.8) is 0 Å². The molecule has 0 bridgehead atoms. The van der Waals surface area contributed by atoms with Crippen LogP contribution >= 0.6 is 0 Å². The highest BCUT2D eigenvalue weighted by Gasteiger charge is 2.27. The van der Waals surface area contributed by atoms with Crippen molar-refractivity contribution in [2.45, 2.75) is 27.7 Å². The summed E-state index contributed by atoms with van der Waals surface area (Å²) in [6.45, 7) is 7.73. The first-order chi connectivity index (χ1) is 8.47. The zero-order valence-corrected chi connectivity index (χ0v) is 11.1. The molecule has 0 saturated carbocycles. The van der Waals surface area contributed by atoms with E-state index in [-0.39, 0.29) is 17.8 Å². The first-order valence-electron chi connectivity index (χ1n) is 5.16. The normalized spacial score (nSPS) is 9.05. The molecule has 0 radical (unpaired) electrons. The molecule has 9 nitrogen and oxygen atoms in total. The predicted octanol–water partition coefficient (Wildman–Crippen LogP) is 2.38. The fraction of sp³-hybridized carbons (Fsp3) is 0.700. The third-order valence-corrected chi connectivity index (χ3v) is 1.80. The summed E-state index contributed by atoms with van der Waals surface area (Å²) in [5.41, 5.74) is 0. The summed E-state index contributed by atoms with van der Waals surface area (Å²) in [5, 5.41) is 36.0. The molecule has 0 aliphatic heterocycles. The Hall–Kier alpha value is -2.03. The lowest BCUT2D eigenvalue weighted by molar-refractivity contribution is -0.241. The van der Waals surface area contributed by atoms with Crippen LogP contribution in [0.2, 0.25) is 0 Å².